The summed E-state index contributed by atoms with van der Waals surface area (Å²) < 4.78 is 5.28. The van der Waals surface area contributed by atoms with Gasteiger partial charge in [-0.1, -0.05) is 18.5 Å². The third-order valence-corrected chi connectivity index (χ3v) is 5.13. The summed E-state index contributed by atoms with van der Waals surface area (Å²) in [4.78, 5) is 27.2. The molecule has 0 bridgehead atoms. The molecule has 1 amide bonds. The summed E-state index contributed by atoms with van der Waals surface area (Å²) in [5, 5.41) is 12.8. The number of likely N-dealkylation sites (tertiary alicyclic amines) is 1. The van der Waals surface area contributed by atoms with Crippen LogP contribution >= 0.6 is 11.6 Å². The fourth-order valence-electron chi connectivity index (χ4n) is 3.43. The standard InChI is InChI=1S/C19H28ClN3O4/c1-3-22(13-19(25)26)15-7-10-23(11-8-15)18(24)6-9-21-16-12-14(20)4-5-17(16)27-2/h4-5,12,15,21H,3,6-11,13H2,1-2H3,(H,25,26). The fourth-order valence-corrected chi connectivity index (χ4v) is 3.61. The van der Waals surface area contributed by atoms with E-state index in [-0.39, 0.29) is 18.5 Å². The Kier molecular flexibility index (Phi) is 8.19. The molecule has 1 heterocycles. The molecule has 0 saturated carbocycles. The molecule has 0 aromatic heterocycles. The van der Waals surface area contributed by atoms with E-state index in [1.165, 1.54) is 0 Å². The van der Waals surface area contributed by atoms with Gasteiger partial charge in [0.25, 0.3) is 0 Å². The smallest absolute Gasteiger partial charge is 0.317 e. The minimum absolute atomic E-state index is 0.0561. The molecule has 1 aromatic rings. The Bertz CT molecular complexity index is 648. The molecule has 0 atom stereocenters. The third kappa shape index (κ3) is 6.29. The van der Waals surface area contributed by atoms with Gasteiger partial charge in [-0.05, 0) is 37.6 Å². The number of carboxylic acid groups (broad SMARTS) is 1. The van der Waals surface area contributed by atoms with E-state index in [9.17, 15) is 9.59 Å². The van der Waals surface area contributed by atoms with Crippen molar-refractivity contribution >= 4 is 29.2 Å². The minimum Gasteiger partial charge on any atom is -0.495 e. The number of anilines is 1. The third-order valence-electron chi connectivity index (χ3n) is 4.89. The van der Waals surface area contributed by atoms with Crippen LogP contribution in [-0.4, -0.2) is 72.7 Å². The number of hydrogen-bond acceptors (Lipinski definition) is 5. The second-order valence-corrected chi connectivity index (χ2v) is 7.03. The van der Waals surface area contributed by atoms with Crippen molar-refractivity contribution in [1.29, 1.82) is 0 Å². The van der Waals surface area contributed by atoms with Gasteiger partial charge in [0.05, 0.1) is 19.3 Å². The van der Waals surface area contributed by atoms with Crippen LogP contribution in [0, 0.1) is 0 Å². The lowest BCUT2D eigenvalue weighted by molar-refractivity contribution is -0.140. The first-order chi connectivity index (χ1) is 12.9. The molecule has 0 radical (unpaired) electrons. The van der Waals surface area contributed by atoms with E-state index in [1.54, 1.807) is 25.3 Å². The molecule has 27 heavy (non-hydrogen) atoms. The van der Waals surface area contributed by atoms with Crippen molar-refractivity contribution in [1.82, 2.24) is 9.80 Å². The van der Waals surface area contributed by atoms with Gasteiger partial charge in [-0.3, -0.25) is 14.5 Å². The fraction of sp³-hybridized carbons (Fsp3) is 0.579. The van der Waals surface area contributed by atoms with Gasteiger partial charge in [-0.2, -0.15) is 0 Å². The second-order valence-electron chi connectivity index (χ2n) is 6.59. The van der Waals surface area contributed by atoms with Crippen molar-refractivity contribution in [3.05, 3.63) is 23.2 Å². The number of ether oxygens (including phenoxy) is 1. The maximum atomic E-state index is 12.5. The average Bonchev–Trinajstić information content (AvgIpc) is 2.66. The minimum atomic E-state index is -0.808. The molecular formula is C19H28ClN3O4. The largest absolute Gasteiger partial charge is 0.495 e. The van der Waals surface area contributed by atoms with Crippen molar-refractivity contribution in [2.24, 2.45) is 0 Å². The first-order valence-electron chi connectivity index (χ1n) is 9.25. The van der Waals surface area contributed by atoms with Crippen molar-refractivity contribution in [3.8, 4) is 5.75 Å². The molecule has 2 rings (SSSR count). The van der Waals surface area contributed by atoms with Crippen LogP contribution in [0.25, 0.3) is 0 Å². The predicted octanol–water partition coefficient (Wildman–Crippen LogP) is 2.55. The Morgan fingerprint density at radius 2 is 2.07 bits per heavy atom. The number of carbonyl (C=O) groups is 2. The number of piperidine rings is 1. The van der Waals surface area contributed by atoms with Crippen LogP contribution in [0.1, 0.15) is 26.2 Å². The summed E-state index contributed by atoms with van der Waals surface area (Å²) >= 11 is 6.01. The number of amides is 1. The van der Waals surface area contributed by atoms with Crippen LogP contribution in [0.15, 0.2) is 18.2 Å². The van der Waals surface area contributed by atoms with Gasteiger partial charge in [-0.15, -0.1) is 0 Å². The topological polar surface area (TPSA) is 82.1 Å². The maximum absolute atomic E-state index is 12.5. The molecule has 1 aromatic carbocycles. The Hall–Kier alpha value is -1.99. The number of benzene rings is 1. The molecule has 0 aliphatic carbocycles. The predicted molar refractivity (Wildman–Crippen MR) is 106 cm³/mol. The summed E-state index contributed by atoms with van der Waals surface area (Å²) in [5.41, 5.74) is 0.767. The highest BCUT2D eigenvalue weighted by atomic mass is 35.5. The first kappa shape index (κ1) is 21.3. The van der Waals surface area contributed by atoms with E-state index in [4.69, 9.17) is 21.4 Å². The highest BCUT2D eigenvalue weighted by Gasteiger charge is 2.26. The molecule has 1 aliphatic rings. The van der Waals surface area contributed by atoms with E-state index in [0.29, 0.717) is 43.4 Å². The number of nitrogens with one attached hydrogen (secondary N) is 1. The molecule has 0 unspecified atom stereocenters. The van der Waals surface area contributed by atoms with Crippen molar-refractivity contribution in [2.75, 3.05) is 45.2 Å². The number of nitrogens with zero attached hydrogens (tertiary/aromatic N) is 2. The average molecular weight is 398 g/mol. The molecule has 1 saturated heterocycles. The van der Waals surface area contributed by atoms with Crippen molar-refractivity contribution < 1.29 is 19.4 Å². The van der Waals surface area contributed by atoms with Gasteiger partial charge in [-0.25, -0.2) is 0 Å². The molecule has 2 N–H and O–H groups in total. The monoisotopic (exact) mass is 397 g/mol. The number of aliphatic carboxylic acids is 1. The van der Waals surface area contributed by atoms with Crippen LogP contribution in [0.3, 0.4) is 0 Å². The summed E-state index contributed by atoms with van der Waals surface area (Å²) in [5.74, 6) is -0.0214. The van der Waals surface area contributed by atoms with E-state index < -0.39 is 5.97 Å². The zero-order chi connectivity index (χ0) is 19.8. The van der Waals surface area contributed by atoms with Gasteiger partial charge in [0.1, 0.15) is 5.75 Å². The molecule has 1 fully saturated rings. The highest BCUT2D eigenvalue weighted by molar-refractivity contribution is 6.30. The SMILES string of the molecule is CCN(CC(=O)O)C1CCN(C(=O)CCNc2cc(Cl)ccc2OC)CC1. The Labute approximate surface area is 165 Å². The van der Waals surface area contributed by atoms with Crippen LogP contribution < -0.4 is 10.1 Å². The van der Waals surface area contributed by atoms with Gasteiger partial charge >= 0.3 is 5.97 Å². The maximum Gasteiger partial charge on any atom is 0.317 e. The van der Waals surface area contributed by atoms with E-state index in [2.05, 4.69) is 5.32 Å². The lowest BCUT2D eigenvalue weighted by Gasteiger charge is -2.37. The number of rotatable bonds is 9. The quantitative estimate of drug-likeness (QED) is 0.666. The summed E-state index contributed by atoms with van der Waals surface area (Å²) in [6.07, 6.45) is 2.00. The van der Waals surface area contributed by atoms with Crippen LogP contribution in [0.2, 0.25) is 5.02 Å². The molecule has 150 valence electrons. The molecule has 0 spiro atoms. The zero-order valence-electron chi connectivity index (χ0n) is 15.9. The molecule has 8 heteroatoms. The highest BCUT2D eigenvalue weighted by Crippen LogP contribution is 2.27. The Balaban J connectivity index is 1.78. The molecule has 7 nitrogen and oxygen atoms in total. The van der Waals surface area contributed by atoms with Crippen LogP contribution in [-0.2, 0) is 9.59 Å². The van der Waals surface area contributed by atoms with Crippen molar-refractivity contribution in [3.63, 3.8) is 0 Å². The number of likely N-dealkylation sites (N-methyl/N-ethyl adjacent to an activating group) is 1. The van der Waals surface area contributed by atoms with E-state index in [0.717, 1.165) is 18.5 Å². The number of carbonyl (C=O) groups excluding carboxylic acids is 1. The zero-order valence-corrected chi connectivity index (χ0v) is 16.7. The lowest BCUT2D eigenvalue weighted by Crippen LogP contribution is -2.48. The Morgan fingerprint density at radius 3 is 2.67 bits per heavy atom. The first-order valence-corrected chi connectivity index (χ1v) is 9.63. The summed E-state index contributed by atoms with van der Waals surface area (Å²) in [7, 11) is 1.59. The summed E-state index contributed by atoms with van der Waals surface area (Å²) in [6, 6.07) is 5.54. The van der Waals surface area contributed by atoms with E-state index in [1.807, 2.05) is 16.7 Å². The van der Waals surface area contributed by atoms with Crippen LogP contribution in [0.5, 0.6) is 5.75 Å². The van der Waals surface area contributed by atoms with Crippen molar-refractivity contribution in [2.45, 2.75) is 32.2 Å². The summed E-state index contributed by atoms with van der Waals surface area (Å²) in [6.45, 7) is 4.56. The second kappa shape index (κ2) is 10.4. The molecular weight excluding hydrogens is 370 g/mol. The Morgan fingerprint density at radius 1 is 1.37 bits per heavy atom. The van der Waals surface area contributed by atoms with Gasteiger partial charge < -0.3 is 20.1 Å². The number of halogens is 1. The molecule has 1 aliphatic heterocycles. The van der Waals surface area contributed by atoms with Gasteiger partial charge in [0.2, 0.25) is 5.91 Å². The van der Waals surface area contributed by atoms with Gasteiger partial charge in [0.15, 0.2) is 0 Å². The number of methoxy groups -OCH3 is 1. The van der Waals surface area contributed by atoms with E-state index >= 15 is 0 Å². The van der Waals surface area contributed by atoms with Gasteiger partial charge in [0, 0.05) is 37.1 Å². The number of hydrogen-bond donors (Lipinski definition) is 2. The normalized spacial score (nSPS) is 15.0. The van der Waals surface area contributed by atoms with Crippen LogP contribution in [0.4, 0.5) is 5.69 Å². The number of carboxylic acids is 1. The lowest BCUT2D eigenvalue weighted by atomic mass is 10.0.